The molecule has 17 heavy (non-hydrogen) atoms. The quantitative estimate of drug-likeness (QED) is 0.733. The van der Waals surface area contributed by atoms with Crippen molar-refractivity contribution in [2.75, 3.05) is 13.2 Å². The smallest absolute Gasteiger partial charge is 0.0806 e. The Labute approximate surface area is 108 Å². The molecule has 1 aliphatic rings. The van der Waals surface area contributed by atoms with E-state index in [1.54, 1.807) is 0 Å². The average Bonchev–Trinajstić information content (AvgIpc) is 2.28. The van der Waals surface area contributed by atoms with E-state index in [0.717, 1.165) is 19.1 Å². The summed E-state index contributed by atoms with van der Waals surface area (Å²) < 4.78 is 6.08. The van der Waals surface area contributed by atoms with Gasteiger partial charge in [0.05, 0.1) is 5.60 Å². The third kappa shape index (κ3) is 4.97. The van der Waals surface area contributed by atoms with Crippen molar-refractivity contribution in [2.45, 2.75) is 77.9 Å². The standard InChI is InChI=1S/C15H31NO/c1-5-16-14(10-8-9-13(2)3)15(4)11-6-7-12-17-15/h13-14,16H,5-12H2,1-4H3. The molecule has 0 spiro atoms. The summed E-state index contributed by atoms with van der Waals surface area (Å²) in [6.07, 6.45) is 7.67. The third-order valence-electron chi connectivity index (χ3n) is 3.96. The molecular weight excluding hydrogens is 210 g/mol. The molecule has 0 saturated carbocycles. The summed E-state index contributed by atoms with van der Waals surface area (Å²) in [6.45, 7) is 11.1. The molecule has 1 aliphatic heterocycles. The normalized spacial score (nSPS) is 27.4. The van der Waals surface area contributed by atoms with Gasteiger partial charge in [0.15, 0.2) is 0 Å². The molecular formula is C15H31NO. The van der Waals surface area contributed by atoms with Crippen molar-refractivity contribution in [2.24, 2.45) is 5.92 Å². The minimum atomic E-state index is 0.0746. The van der Waals surface area contributed by atoms with E-state index in [0.29, 0.717) is 6.04 Å². The molecule has 2 nitrogen and oxygen atoms in total. The maximum absolute atomic E-state index is 6.08. The molecule has 1 heterocycles. The SMILES string of the molecule is CCNC(CCCC(C)C)C1(C)CCCCO1. The Kier molecular flexibility index (Phi) is 6.50. The van der Waals surface area contributed by atoms with Gasteiger partial charge in [-0.15, -0.1) is 0 Å². The van der Waals surface area contributed by atoms with Gasteiger partial charge in [0.2, 0.25) is 0 Å². The summed E-state index contributed by atoms with van der Waals surface area (Å²) >= 11 is 0. The van der Waals surface area contributed by atoms with Crippen molar-refractivity contribution in [1.29, 1.82) is 0 Å². The Morgan fingerprint density at radius 2 is 2.00 bits per heavy atom. The Bertz CT molecular complexity index is 197. The van der Waals surface area contributed by atoms with Crippen molar-refractivity contribution in [3.8, 4) is 0 Å². The second kappa shape index (κ2) is 7.38. The first kappa shape index (κ1) is 15.0. The summed E-state index contributed by atoms with van der Waals surface area (Å²) in [5.41, 5.74) is 0.0746. The Morgan fingerprint density at radius 1 is 1.24 bits per heavy atom. The van der Waals surface area contributed by atoms with E-state index in [1.807, 2.05) is 0 Å². The minimum Gasteiger partial charge on any atom is -0.374 e. The first-order chi connectivity index (χ1) is 8.08. The fourth-order valence-electron chi connectivity index (χ4n) is 2.83. The van der Waals surface area contributed by atoms with Crippen LogP contribution >= 0.6 is 0 Å². The lowest BCUT2D eigenvalue weighted by molar-refractivity contribution is -0.0902. The molecule has 2 heteroatoms. The molecule has 0 aromatic rings. The monoisotopic (exact) mass is 241 g/mol. The molecule has 2 unspecified atom stereocenters. The van der Waals surface area contributed by atoms with Gasteiger partial charge >= 0.3 is 0 Å². The molecule has 1 fully saturated rings. The van der Waals surface area contributed by atoms with Crippen molar-refractivity contribution in [3.63, 3.8) is 0 Å². The van der Waals surface area contributed by atoms with Gasteiger partial charge < -0.3 is 10.1 Å². The van der Waals surface area contributed by atoms with Crippen LogP contribution in [0.4, 0.5) is 0 Å². The van der Waals surface area contributed by atoms with Gasteiger partial charge in [0.1, 0.15) is 0 Å². The zero-order valence-corrected chi connectivity index (χ0v) is 12.2. The fourth-order valence-corrected chi connectivity index (χ4v) is 2.83. The number of hydrogen-bond acceptors (Lipinski definition) is 2. The maximum Gasteiger partial charge on any atom is 0.0806 e. The number of hydrogen-bond donors (Lipinski definition) is 1. The minimum absolute atomic E-state index is 0.0746. The van der Waals surface area contributed by atoms with Crippen LogP contribution < -0.4 is 5.32 Å². The van der Waals surface area contributed by atoms with Gasteiger partial charge in [-0.05, 0) is 45.1 Å². The highest BCUT2D eigenvalue weighted by Gasteiger charge is 2.35. The summed E-state index contributed by atoms with van der Waals surface area (Å²) in [5, 5.41) is 3.64. The molecule has 0 aliphatic carbocycles. The summed E-state index contributed by atoms with van der Waals surface area (Å²) in [6, 6.07) is 0.534. The lowest BCUT2D eigenvalue weighted by Crippen LogP contribution is -2.52. The van der Waals surface area contributed by atoms with Crippen LogP contribution in [0.3, 0.4) is 0 Å². The topological polar surface area (TPSA) is 21.3 Å². The molecule has 2 atom stereocenters. The molecule has 0 bridgehead atoms. The predicted molar refractivity (Wildman–Crippen MR) is 74.4 cm³/mol. The van der Waals surface area contributed by atoms with Gasteiger partial charge in [-0.1, -0.05) is 33.6 Å². The van der Waals surface area contributed by atoms with Crippen molar-refractivity contribution >= 4 is 0 Å². The third-order valence-corrected chi connectivity index (χ3v) is 3.96. The molecule has 1 rings (SSSR count). The van der Waals surface area contributed by atoms with Crippen LogP contribution in [0.2, 0.25) is 0 Å². The first-order valence-electron chi connectivity index (χ1n) is 7.46. The van der Waals surface area contributed by atoms with Gasteiger partial charge in [0.25, 0.3) is 0 Å². The fraction of sp³-hybridized carbons (Fsp3) is 1.00. The number of rotatable bonds is 7. The number of ether oxygens (including phenoxy) is 1. The van der Waals surface area contributed by atoms with E-state index in [1.165, 1.54) is 38.5 Å². The van der Waals surface area contributed by atoms with Crippen molar-refractivity contribution in [1.82, 2.24) is 5.32 Å². The van der Waals surface area contributed by atoms with E-state index >= 15 is 0 Å². The number of nitrogens with one attached hydrogen (secondary N) is 1. The summed E-state index contributed by atoms with van der Waals surface area (Å²) in [5.74, 6) is 0.817. The van der Waals surface area contributed by atoms with E-state index in [9.17, 15) is 0 Å². The number of likely N-dealkylation sites (N-methyl/N-ethyl adjacent to an activating group) is 1. The van der Waals surface area contributed by atoms with E-state index < -0.39 is 0 Å². The second-order valence-electron chi connectivity index (χ2n) is 6.05. The van der Waals surface area contributed by atoms with Gasteiger partial charge in [-0.3, -0.25) is 0 Å². The molecule has 0 aromatic carbocycles. The lowest BCUT2D eigenvalue weighted by Gasteiger charge is -2.41. The predicted octanol–water partition coefficient (Wildman–Crippen LogP) is 3.75. The molecule has 0 aromatic heterocycles. The zero-order valence-electron chi connectivity index (χ0n) is 12.2. The van der Waals surface area contributed by atoms with Crippen LogP contribution in [0.25, 0.3) is 0 Å². The largest absolute Gasteiger partial charge is 0.374 e. The van der Waals surface area contributed by atoms with Crippen LogP contribution in [0, 0.1) is 5.92 Å². The van der Waals surface area contributed by atoms with Gasteiger partial charge in [0, 0.05) is 12.6 Å². The van der Waals surface area contributed by atoms with Crippen LogP contribution in [-0.2, 0) is 4.74 Å². The highest BCUT2D eigenvalue weighted by atomic mass is 16.5. The molecule has 1 saturated heterocycles. The van der Waals surface area contributed by atoms with E-state index in [2.05, 4.69) is 33.0 Å². The van der Waals surface area contributed by atoms with Crippen LogP contribution in [0.15, 0.2) is 0 Å². The van der Waals surface area contributed by atoms with E-state index in [-0.39, 0.29) is 5.60 Å². The molecule has 1 N–H and O–H groups in total. The van der Waals surface area contributed by atoms with Crippen LogP contribution in [0.1, 0.15) is 66.2 Å². The molecule has 102 valence electrons. The van der Waals surface area contributed by atoms with Crippen molar-refractivity contribution in [3.05, 3.63) is 0 Å². The lowest BCUT2D eigenvalue weighted by atomic mass is 9.85. The van der Waals surface area contributed by atoms with Crippen molar-refractivity contribution < 1.29 is 4.74 Å². The molecule has 0 amide bonds. The van der Waals surface area contributed by atoms with Crippen LogP contribution in [0.5, 0.6) is 0 Å². The highest BCUT2D eigenvalue weighted by molar-refractivity contribution is 4.91. The Hall–Kier alpha value is -0.0800. The Balaban J connectivity index is 2.45. The Morgan fingerprint density at radius 3 is 2.53 bits per heavy atom. The van der Waals surface area contributed by atoms with Gasteiger partial charge in [-0.2, -0.15) is 0 Å². The van der Waals surface area contributed by atoms with E-state index in [4.69, 9.17) is 4.74 Å². The second-order valence-corrected chi connectivity index (χ2v) is 6.05. The summed E-state index contributed by atoms with van der Waals surface area (Å²) in [7, 11) is 0. The summed E-state index contributed by atoms with van der Waals surface area (Å²) in [4.78, 5) is 0. The average molecular weight is 241 g/mol. The maximum atomic E-state index is 6.08. The highest BCUT2D eigenvalue weighted by Crippen LogP contribution is 2.30. The first-order valence-corrected chi connectivity index (χ1v) is 7.46. The van der Waals surface area contributed by atoms with Gasteiger partial charge in [-0.25, -0.2) is 0 Å². The molecule has 0 radical (unpaired) electrons. The zero-order chi connectivity index (χ0) is 12.7. The van der Waals surface area contributed by atoms with Crippen LogP contribution in [-0.4, -0.2) is 24.8 Å².